The van der Waals surface area contributed by atoms with Crippen LogP contribution in [0.15, 0.2) is 60.7 Å². The van der Waals surface area contributed by atoms with Gasteiger partial charge in [0.15, 0.2) is 6.29 Å². The number of rotatable bonds is 6. The van der Waals surface area contributed by atoms with Gasteiger partial charge in [0.2, 0.25) is 0 Å². The fourth-order valence-corrected chi connectivity index (χ4v) is 7.36. The van der Waals surface area contributed by atoms with Gasteiger partial charge < -0.3 is 19.5 Å². The molecule has 3 aliphatic rings. The molecule has 2 unspecified atom stereocenters. The van der Waals surface area contributed by atoms with E-state index in [0.29, 0.717) is 23.5 Å². The zero-order valence-corrected chi connectivity index (χ0v) is 22.9. The molecule has 3 aromatic rings. The molecule has 3 aromatic carbocycles. The number of phenols is 1. The minimum atomic E-state index is -0.106. The molecule has 0 spiro atoms. The lowest BCUT2D eigenvalue weighted by Gasteiger charge is -2.37. The molecule has 200 valence electrons. The third kappa shape index (κ3) is 4.97. The summed E-state index contributed by atoms with van der Waals surface area (Å²) < 4.78 is 11.0. The monoisotopic (exact) mass is 511 g/mol. The molecule has 1 N–H and O–H groups in total. The maximum absolute atomic E-state index is 10.2. The summed E-state index contributed by atoms with van der Waals surface area (Å²) in [6, 6.07) is 22.7. The fourth-order valence-electron chi connectivity index (χ4n) is 7.36. The van der Waals surface area contributed by atoms with E-state index in [1.807, 2.05) is 12.1 Å². The van der Waals surface area contributed by atoms with E-state index in [9.17, 15) is 5.11 Å². The smallest absolute Gasteiger partial charge is 0.159 e. The van der Waals surface area contributed by atoms with Gasteiger partial charge >= 0.3 is 0 Å². The predicted octanol–water partition coefficient (Wildman–Crippen LogP) is 6.97. The summed E-state index contributed by atoms with van der Waals surface area (Å²) in [4.78, 5) is 2.50. The van der Waals surface area contributed by atoms with Crippen LogP contribution in [0.4, 0.5) is 5.69 Å². The van der Waals surface area contributed by atoms with Gasteiger partial charge in [0.05, 0.1) is 0 Å². The van der Waals surface area contributed by atoms with Gasteiger partial charge in [0, 0.05) is 44.8 Å². The first-order valence-electron chi connectivity index (χ1n) is 14.5. The van der Waals surface area contributed by atoms with Gasteiger partial charge in [0.25, 0.3) is 0 Å². The second-order valence-electron chi connectivity index (χ2n) is 11.5. The van der Waals surface area contributed by atoms with Gasteiger partial charge in [-0.05, 0) is 115 Å². The van der Waals surface area contributed by atoms with Crippen molar-refractivity contribution in [1.29, 1.82) is 0 Å². The van der Waals surface area contributed by atoms with Crippen LogP contribution >= 0.6 is 0 Å². The van der Waals surface area contributed by atoms with Crippen LogP contribution in [0.3, 0.4) is 0 Å². The lowest BCUT2D eigenvalue weighted by Crippen LogP contribution is -2.39. The number of anilines is 1. The van der Waals surface area contributed by atoms with Gasteiger partial charge in [-0.3, -0.25) is 0 Å². The summed E-state index contributed by atoms with van der Waals surface area (Å²) in [5, 5.41) is 10.2. The Balaban J connectivity index is 1.28. The quantitative estimate of drug-likeness (QED) is 0.363. The molecular formula is C34H41NO3. The van der Waals surface area contributed by atoms with Crippen molar-refractivity contribution >= 4 is 5.69 Å². The number of hydrogen-bond donors (Lipinski definition) is 1. The standard InChI is InChI=1S/C34H41NO3/c1-37-34(38-2)25-17-19-35(20-18-25)29-12-9-24(10-13-29)33-31(15-11-28-22-30(36)14-16-32(28)33)27-8-7-23-5-3-4-6-26(23)21-27/h7-10,12-14,16,21-22,25,31,33-34,36H,3-6,11,15,17-20H2,1-2H3. The molecular weight excluding hydrogens is 470 g/mol. The Morgan fingerprint density at radius 2 is 1.45 bits per heavy atom. The van der Waals surface area contributed by atoms with Gasteiger partial charge in [-0.2, -0.15) is 0 Å². The van der Waals surface area contributed by atoms with E-state index in [1.54, 1.807) is 25.3 Å². The average molecular weight is 512 g/mol. The molecule has 1 fully saturated rings. The zero-order chi connectivity index (χ0) is 26.1. The Kier molecular flexibility index (Phi) is 7.45. The van der Waals surface area contributed by atoms with E-state index >= 15 is 0 Å². The molecule has 0 amide bonds. The molecule has 0 radical (unpaired) electrons. The summed E-state index contributed by atoms with van der Waals surface area (Å²) in [6.07, 6.45) is 9.23. The maximum Gasteiger partial charge on any atom is 0.159 e. The number of ether oxygens (including phenoxy) is 2. The van der Waals surface area contributed by atoms with Gasteiger partial charge in [-0.1, -0.05) is 36.4 Å². The minimum absolute atomic E-state index is 0.106. The molecule has 38 heavy (non-hydrogen) atoms. The lowest BCUT2D eigenvalue weighted by molar-refractivity contribution is -0.141. The van der Waals surface area contributed by atoms with Crippen LogP contribution in [0.2, 0.25) is 0 Å². The molecule has 6 rings (SSSR count). The largest absolute Gasteiger partial charge is 0.508 e. The van der Waals surface area contributed by atoms with E-state index in [-0.39, 0.29) is 6.29 Å². The highest BCUT2D eigenvalue weighted by atomic mass is 16.7. The highest BCUT2D eigenvalue weighted by Gasteiger charge is 2.33. The average Bonchev–Trinajstić information content (AvgIpc) is 2.97. The molecule has 1 aliphatic heterocycles. The van der Waals surface area contributed by atoms with Crippen LogP contribution in [0.5, 0.6) is 5.75 Å². The topological polar surface area (TPSA) is 41.9 Å². The van der Waals surface area contributed by atoms with E-state index in [1.165, 1.54) is 53.6 Å². The molecule has 4 heteroatoms. The number of hydrogen-bond acceptors (Lipinski definition) is 4. The van der Waals surface area contributed by atoms with Gasteiger partial charge in [0.1, 0.15) is 5.75 Å². The SMILES string of the molecule is COC(OC)C1CCN(c2ccc(C3c4ccc(O)cc4CCC3c3ccc4c(c3)CCCC4)cc2)CC1. The van der Waals surface area contributed by atoms with Crippen LogP contribution in [-0.4, -0.2) is 38.7 Å². The maximum atomic E-state index is 10.2. The third-order valence-electron chi connectivity index (χ3n) is 9.40. The van der Waals surface area contributed by atoms with Crippen molar-refractivity contribution in [2.45, 2.75) is 69.5 Å². The van der Waals surface area contributed by atoms with Crippen molar-refractivity contribution in [1.82, 2.24) is 0 Å². The number of benzene rings is 3. The van der Waals surface area contributed by atoms with Gasteiger partial charge in [-0.25, -0.2) is 0 Å². The number of aryl methyl sites for hydroxylation is 3. The Morgan fingerprint density at radius 1 is 0.737 bits per heavy atom. The van der Waals surface area contributed by atoms with Crippen molar-refractivity contribution in [2.24, 2.45) is 5.92 Å². The second kappa shape index (κ2) is 11.1. The van der Waals surface area contributed by atoms with Crippen LogP contribution in [0, 0.1) is 5.92 Å². The first kappa shape index (κ1) is 25.5. The van der Waals surface area contributed by atoms with Crippen molar-refractivity contribution in [2.75, 3.05) is 32.2 Å². The number of nitrogens with zero attached hydrogens (tertiary/aromatic N) is 1. The first-order chi connectivity index (χ1) is 18.6. The van der Waals surface area contributed by atoms with Crippen LogP contribution < -0.4 is 4.90 Å². The molecule has 0 bridgehead atoms. The predicted molar refractivity (Wildman–Crippen MR) is 153 cm³/mol. The van der Waals surface area contributed by atoms with Crippen LogP contribution in [-0.2, 0) is 28.7 Å². The summed E-state index contributed by atoms with van der Waals surface area (Å²) in [5.41, 5.74) is 9.92. The molecule has 2 atom stereocenters. The summed E-state index contributed by atoms with van der Waals surface area (Å²) in [6.45, 7) is 2.05. The Labute approximate surface area is 227 Å². The summed E-state index contributed by atoms with van der Waals surface area (Å²) in [7, 11) is 3.48. The minimum Gasteiger partial charge on any atom is -0.508 e. The molecule has 0 aromatic heterocycles. The van der Waals surface area contributed by atoms with Crippen LogP contribution in [0.1, 0.15) is 77.3 Å². The number of fused-ring (bicyclic) bond motifs is 2. The Hall–Kier alpha value is -2.82. The highest BCUT2D eigenvalue weighted by molar-refractivity contribution is 5.53. The van der Waals surface area contributed by atoms with E-state index < -0.39 is 0 Å². The van der Waals surface area contributed by atoms with E-state index in [2.05, 4.69) is 53.4 Å². The van der Waals surface area contributed by atoms with E-state index in [4.69, 9.17) is 9.47 Å². The number of methoxy groups -OCH3 is 2. The lowest BCUT2D eigenvalue weighted by atomic mass is 9.68. The van der Waals surface area contributed by atoms with Crippen molar-refractivity contribution < 1.29 is 14.6 Å². The first-order valence-corrected chi connectivity index (χ1v) is 14.5. The molecule has 1 heterocycles. The van der Waals surface area contributed by atoms with Gasteiger partial charge in [-0.15, -0.1) is 0 Å². The molecule has 4 nitrogen and oxygen atoms in total. The Morgan fingerprint density at radius 3 is 2.18 bits per heavy atom. The zero-order valence-electron chi connectivity index (χ0n) is 22.9. The van der Waals surface area contributed by atoms with Crippen molar-refractivity contribution in [3.05, 3.63) is 94.0 Å². The van der Waals surface area contributed by atoms with Crippen molar-refractivity contribution in [3.8, 4) is 5.75 Å². The molecule has 0 saturated carbocycles. The second-order valence-corrected chi connectivity index (χ2v) is 11.5. The summed E-state index contributed by atoms with van der Waals surface area (Å²) in [5.74, 6) is 1.57. The fraction of sp³-hybridized carbons (Fsp3) is 0.471. The highest BCUT2D eigenvalue weighted by Crippen LogP contribution is 2.47. The Bertz CT molecular complexity index is 1240. The number of piperidine rings is 1. The van der Waals surface area contributed by atoms with Crippen LogP contribution in [0.25, 0.3) is 0 Å². The van der Waals surface area contributed by atoms with E-state index in [0.717, 1.165) is 38.8 Å². The number of phenolic OH excluding ortho intramolecular Hbond substituents is 1. The summed E-state index contributed by atoms with van der Waals surface area (Å²) >= 11 is 0. The molecule has 2 aliphatic carbocycles. The number of aromatic hydroxyl groups is 1. The third-order valence-corrected chi connectivity index (χ3v) is 9.40. The molecule has 1 saturated heterocycles. The van der Waals surface area contributed by atoms with Crippen molar-refractivity contribution in [3.63, 3.8) is 0 Å². The normalized spacial score (nSPS) is 21.8.